The van der Waals surface area contributed by atoms with Crippen molar-refractivity contribution in [1.29, 1.82) is 0 Å². The molecule has 60 heavy (non-hydrogen) atoms. The first-order valence-electron chi connectivity index (χ1n) is 20.2. The molecule has 2 heterocycles. The Balaban J connectivity index is 0.894. The van der Waals surface area contributed by atoms with Crippen LogP contribution < -0.4 is 0 Å². The fraction of sp³-hybridized carbons (Fsp3) is 0. The highest BCUT2D eigenvalue weighted by Crippen LogP contribution is 2.36. The zero-order valence-electron chi connectivity index (χ0n) is 32.6. The topological polar surface area (TPSA) is 51.6 Å². The summed E-state index contributed by atoms with van der Waals surface area (Å²) in [6.45, 7) is 0. The Kier molecular flexibility index (Phi) is 8.79. The van der Waals surface area contributed by atoms with Crippen LogP contribution in [-0.4, -0.2) is 19.9 Å². The van der Waals surface area contributed by atoms with E-state index in [1.165, 1.54) is 27.1 Å². The summed E-state index contributed by atoms with van der Waals surface area (Å²) >= 11 is 0. The summed E-state index contributed by atoms with van der Waals surface area (Å²) < 4.78 is 0. The van der Waals surface area contributed by atoms with Gasteiger partial charge in [0.15, 0.2) is 17.5 Å². The van der Waals surface area contributed by atoms with Gasteiger partial charge in [-0.05, 0) is 67.7 Å². The highest BCUT2D eigenvalue weighted by molar-refractivity contribution is 6.14. The smallest absolute Gasteiger partial charge is 0.164 e. The van der Waals surface area contributed by atoms with Crippen molar-refractivity contribution in [3.8, 4) is 78.8 Å². The second-order valence-electron chi connectivity index (χ2n) is 15.1. The molecule has 4 heteroatoms. The molecule has 0 spiro atoms. The van der Waals surface area contributed by atoms with E-state index in [0.717, 1.165) is 66.7 Å². The van der Waals surface area contributed by atoms with E-state index in [-0.39, 0.29) is 0 Å². The van der Waals surface area contributed by atoms with E-state index in [0.29, 0.717) is 17.5 Å². The van der Waals surface area contributed by atoms with Crippen LogP contribution >= 0.6 is 0 Å². The standard InChI is InChI=1S/C56H36N4/c1-3-12-37(13-4-1)38-28-32-44(33-29-38)55-58-54(43-14-5-2-6-15-43)59-56(60-55)48-19-11-18-45(34-48)41-24-22-39(23-25-41)40-26-30-42(31-27-40)53-50-21-10-9-20-49(50)51-35-46-16-7-8-17-47(46)36-52(51)57-53/h1-36H. The van der Waals surface area contributed by atoms with Gasteiger partial charge in [0.1, 0.15) is 0 Å². The van der Waals surface area contributed by atoms with Crippen molar-refractivity contribution in [1.82, 2.24) is 19.9 Å². The van der Waals surface area contributed by atoms with Gasteiger partial charge in [-0.25, -0.2) is 19.9 Å². The Hall–Kier alpha value is -8.08. The van der Waals surface area contributed by atoms with Crippen molar-refractivity contribution in [2.45, 2.75) is 0 Å². The molecule has 0 saturated heterocycles. The average molecular weight is 765 g/mol. The predicted molar refractivity (Wildman–Crippen MR) is 248 cm³/mol. The summed E-state index contributed by atoms with van der Waals surface area (Å²) in [5, 5.41) is 5.97. The van der Waals surface area contributed by atoms with E-state index in [1.807, 2.05) is 36.4 Å². The lowest BCUT2D eigenvalue weighted by molar-refractivity contribution is 1.07. The largest absolute Gasteiger partial charge is 0.247 e. The number of fused-ring (bicyclic) bond motifs is 4. The molecule has 0 aliphatic rings. The molecular weight excluding hydrogens is 729 g/mol. The molecular formula is C56H36N4. The number of aromatic nitrogens is 4. The van der Waals surface area contributed by atoms with Gasteiger partial charge < -0.3 is 0 Å². The monoisotopic (exact) mass is 764 g/mol. The number of pyridine rings is 1. The van der Waals surface area contributed by atoms with E-state index in [4.69, 9.17) is 19.9 Å². The first kappa shape index (κ1) is 35.1. The van der Waals surface area contributed by atoms with Crippen LogP contribution in [-0.2, 0) is 0 Å². The number of hydrogen-bond acceptors (Lipinski definition) is 4. The number of hydrogen-bond donors (Lipinski definition) is 0. The van der Waals surface area contributed by atoms with E-state index >= 15 is 0 Å². The molecule has 0 N–H and O–H groups in total. The summed E-state index contributed by atoms with van der Waals surface area (Å²) in [4.78, 5) is 20.2. The molecule has 0 unspecified atom stereocenters. The van der Waals surface area contributed by atoms with Gasteiger partial charge in [0.05, 0.1) is 11.2 Å². The maximum Gasteiger partial charge on any atom is 0.164 e. The van der Waals surface area contributed by atoms with Crippen LogP contribution in [0.15, 0.2) is 218 Å². The zero-order valence-corrected chi connectivity index (χ0v) is 32.6. The average Bonchev–Trinajstić information content (AvgIpc) is 3.34. The van der Waals surface area contributed by atoms with Gasteiger partial charge in [-0.3, -0.25) is 0 Å². The molecule has 0 bridgehead atoms. The van der Waals surface area contributed by atoms with Crippen LogP contribution in [0, 0.1) is 0 Å². The maximum absolute atomic E-state index is 5.24. The van der Waals surface area contributed by atoms with Crippen LogP contribution in [0.5, 0.6) is 0 Å². The van der Waals surface area contributed by atoms with Crippen molar-refractivity contribution in [3.05, 3.63) is 218 Å². The van der Waals surface area contributed by atoms with Gasteiger partial charge in [-0.2, -0.15) is 0 Å². The van der Waals surface area contributed by atoms with Crippen molar-refractivity contribution < 1.29 is 0 Å². The highest BCUT2D eigenvalue weighted by atomic mass is 15.0. The predicted octanol–water partition coefficient (Wildman–Crippen LogP) is 14.4. The number of benzene rings is 9. The number of nitrogens with zero attached hydrogens (tertiary/aromatic N) is 4. The fourth-order valence-electron chi connectivity index (χ4n) is 8.17. The molecule has 9 aromatic carbocycles. The molecule has 0 fully saturated rings. The minimum absolute atomic E-state index is 0.631. The Morgan fingerprint density at radius 2 is 0.617 bits per heavy atom. The van der Waals surface area contributed by atoms with E-state index in [9.17, 15) is 0 Å². The third-order valence-corrected chi connectivity index (χ3v) is 11.3. The second kappa shape index (κ2) is 15.0. The Bertz CT molecular complexity index is 3330. The maximum atomic E-state index is 5.24. The molecule has 0 amide bonds. The molecule has 0 radical (unpaired) electrons. The second-order valence-corrected chi connectivity index (χ2v) is 15.1. The Morgan fingerprint density at radius 1 is 0.217 bits per heavy atom. The lowest BCUT2D eigenvalue weighted by Gasteiger charge is -2.12. The molecule has 0 atom stereocenters. The quantitative estimate of drug-likeness (QED) is 0.120. The van der Waals surface area contributed by atoms with Crippen LogP contribution in [0.3, 0.4) is 0 Å². The third kappa shape index (κ3) is 6.66. The summed E-state index contributed by atoms with van der Waals surface area (Å²) in [6, 6.07) is 76.5. The van der Waals surface area contributed by atoms with Crippen molar-refractivity contribution in [3.63, 3.8) is 0 Å². The Morgan fingerprint density at radius 3 is 1.23 bits per heavy atom. The first-order chi connectivity index (χ1) is 29.7. The van der Waals surface area contributed by atoms with Crippen molar-refractivity contribution >= 4 is 32.4 Å². The molecule has 0 saturated carbocycles. The number of rotatable bonds is 7. The lowest BCUT2D eigenvalue weighted by atomic mass is 9.96. The van der Waals surface area contributed by atoms with Crippen LogP contribution in [0.25, 0.3) is 111 Å². The molecule has 0 aliphatic carbocycles. The Labute approximate surface area is 348 Å². The van der Waals surface area contributed by atoms with Gasteiger partial charge in [-0.15, -0.1) is 0 Å². The summed E-state index contributed by atoms with van der Waals surface area (Å²) in [6.07, 6.45) is 0. The van der Waals surface area contributed by atoms with Crippen molar-refractivity contribution in [2.75, 3.05) is 0 Å². The van der Waals surface area contributed by atoms with Crippen molar-refractivity contribution in [2.24, 2.45) is 0 Å². The van der Waals surface area contributed by atoms with E-state index < -0.39 is 0 Å². The molecule has 2 aromatic heterocycles. The minimum Gasteiger partial charge on any atom is -0.247 e. The van der Waals surface area contributed by atoms with Gasteiger partial charge in [-0.1, -0.05) is 200 Å². The van der Waals surface area contributed by atoms with Gasteiger partial charge in [0, 0.05) is 33.0 Å². The van der Waals surface area contributed by atoms with E-state index in [2.05, 4.69) is 182 Å². The van der Waals surface area contributed by atoms with Gasteiger partial charge in [0.2, 0.25) is 0 Å². The van der Waals surface area contributed by atoms with Crippen LogP contribution in [0.4, 0.5) is 0 Å². The third-order valence-electron chi connectivity index (χ3n) is 11.3. The normalized spacial score (nSPS) is 11.3. The zero-order chi connectivity index (χ0) is 39.8. The first-order valence-corrected chi connectivity index (χ1v) is 20.2. The van der Waals surface area contributed by atoms with Gasteiger partial charge >= 0.3 is 0 Å². The molecule has 4 nitrogen and oxygen atoms in total. The highest BCUT2D eigenvalue weighted by Gasteiger charge is 2.15. The minimum atomic E-state index is 0.631. The molecule has 280 valence electrons. The fourth-order valence-corrected chi connectivity index (χ4v) is 8.17. The molecule has 11 rings (SSSR count). The summed E-state index contributed by atoms with van der Waals surface area (Å²) in [5.74, 6) is 1.91. The molecule has 0 aliphatic heterocycles. The van der Waals surface area contributed by atoms with E-state index in [1.54, 1.807) is 0 Å². The van der Waals surface area contributed by atoms with Crippen LogP contribution in [0.2, 0.25) is 0 Å². The summed E-state index contributed by atoms with van der Waals surface area (Å²) in [5.41, 5.74) is 12.7. The summed E-state index contributed by atoms with van der Waals surface area (Å²) in [7, 11) is 0. The van der Waals surface area contributed by atoms with Crippen LogP contribution in [0.1, 0.15) is 0 Å². The van der Waals surface area contributed by atoms with Gasteiger partial charge in [0.25, 0.3) is 0 Å². The lowest BCUT2D eigenvalue weighted by Crippen LogP contribution is -2.00. The SMILES string of the molecule is c1ccc(-c2ccc(-c3nc(-c4ccccc4)nc(-c4cccc(-c5ccc(-c6ccc(-c7nc8cc9ccccc9cc8c8ccccc78)cc6)cc5)c4)n3)cc2)cc1. The molecule has 11 aromatic rings.